The van der Waals surface area contributed by atoms with E-state index >= 15 is 0 Å². The fraction of sp³-hybridized carbons (Fsp3) is 0.280. The van der Waals surface area contributed by atoms with Crippen LogP contribution in [0.15, 0.2) is 60.7 Å². The number of amides is 2. The van der Waals surface area contributed by atoms with Crippen LogP contribution in [0.5, 0.6) is 0 Å². The first-order chi connectivity index (χ1) is 16.6. The van der Waals surface area contributed by atoms with Crippen molar-refractivity contribution in [1.29, 1.82) is 0 Å². The molecule has 0 aliphatic carbocycles. The zero-order valence-electron chi connectivity index (χ0n) is 18.9. The molecule has 1 aliphatic rings. The molecule has 3 aromatic rings. The number of anilines is 3. The highest BCUT2D eigenvalue weighted by Crippen LogP contribution is 2.39. The van der Waals surface area contributed by atoms with Crippen molar-refractivity contribution in [3.8, 4) is 11.1 Å². The van der Waals surface area contributed by atoms with E-state index in [9.17, 15) is 9.59 Å². The minimum absolute atomic E-state index is 0.159. The van der Waals surface area contributed by atoms with E-state index in [4.69, 9.17) is 14.2 Å². The standard InChI is InChI=1S/C25H27N3O5S/c1-31-14-15-33-25(30)27-20-9-5-8-19(16-20)26-23(29)22-17-21(18-6-3-2-4-7-18)24(34-22)28-10-12-32-13-11-28/h2-9,16-17H,10-15H2,1H3,(H,26,29)(H,27,30). The summed E-state index contributed by atoms with van der Waals surface area (Å²) in [5.41, 5.74) is 3.19. The monoisotopic (exact) mass is 481 g/mol. The molecule has 8 nitrogen and oxygen atoms in total. The molecule has 178 valence electrons. The van der Waals surface area contributed by atoms with E-state index in [1.807, 2.05) is 24.3 Å². The summed E-state index contributed by atoms with van der Waals surface area (Å²) in [6, 6.07) is 18.9. The van der Waals surface area contributed by atoms with Crippen LogP contribution < -0.4 is 15.5 Å². The Morgan fingerprint density at radius 1 is 0.971 bits per heavy atom. The van der Waals surface area contributed by atoms with Crippen LogP contribution >= 0.6 is 11.3 Å². The Balaban J connectivity index is 1.50. The van der Waals surface area contributed by atoms with Crippen LogP contribution in [0.4, 0.5) is 21.2 Å². The van der Waals surface area contributed by atoms with Crippen molar-refractivity contribution in [2.45, 2.75) is 0 Å². The summed E-state index contributed by atoms with van der Waals surface area (Å²) in [6.45, 7) is 3.39. The van der Waals surface area contributed by atoms with Crippen LogP contribution in [0.2, 0.25) is 0 Å². The maximum absolute atomic E-state index is 13.1. The number of hydrogen-bond donors (Lipinski definition) is 2. The third-order valence-corrected chi connectivity index (χ3v) is 6.40. The third-order valence-electron chi connectivity index (χ3n) is 5.21. The van der Waals surface area contributed by atoms with Gasteiger partial charge >= 0.3 is 6.09 Å². The van der Waals surface area contributed by atoms with Crippen molar-refractivity contribution >= 4 is 39.7 Å². The number of methoxy groups -OCH3 is 1. The number of morpholine rings is 1. The summed E-state index contributed by atoms with van der Waals surface area (Å²) in [6.07, 6.45) is -0.582. The van der Waals surface area contributed by atoms with Gasteiger partial charge in [-0.05, 0) is 29.8 Å². The van der Waals surface area contributed by atoms with Crippen LogP contribution in [0.3, 0.4) is 0 Å². The molecule has 34 heavy (non-hydrogen) atoms. The van der Waals surface area contributed by atoms with Gasteiger partial charge < -0.3 is 24.4 Å². The number of carbonyl (C=O) groups is 2. The number of thiophene rings is 1. The Hall–Kier alpha value is -3.40. The molecule has 1 fully saturated rings. The molecular formula is C25H27N3O5S. The SMILES string of the molecule is COCCOC(=O)Nc1cccc(NC(=O)c2cc(-c3ccccc3)c(N3CCOCC3)s2)c1. The number of rotatable bonds is 8. The second kappa shape index (κ2) is 11.6. The lowest BCUT2D eigenvalue weighted by Gasteiger charge is -2.28. The van der Waals surface area contributed by atoms with Gasteiger partial charge in [0.1, 0.15) is 6.61 Å². The molecule has 0 bridgehead atoms. The highest BCUT2D eigenvalue weighted by atomic mass is 32.1. The number of hydrogen-bond acceptors (Lipinski definition) is 7. The van der Waals surface area contributed by atoms with Crippen LogP contribution in [-0.4, -0.2) is 58.6 Å². The Bertz CT molecular complexity index is 1110. The predicted octanol–water partition coefficient (Wildman–Crippen LogP) is 4.70. The van der Waals surface area contributed by atoms with Crippen molar-refractivity contribution in [2.24, 2.45) is 0 Å². The largest absolute Gasteiger partial charge is 0.447 e. The summed E-state index contributed by atoms with van der Waals surface area (Å²) < 4.78 is 15.4. The molecule has 4 rings (SSSR count). The zero-order valence-corrected chi connectivity index (χ0v) is 19.7. The topological polar surface area (TPSA) is 89.1 Å². The molecule has 1 saturated heterocycles. The summed E-state index contributed by atoms with van der Waals surface area (Å²) in [5, 5.41) is 6.65. The van der Waals surface area contributed by atoms with E-state index in [2.05, 4.69) is 27.7 Å². The maximum Gasteiger partial charge on any atom is 0.411 e. The minimum Gasteiger partial charge on any atom is -0.447 e. The second-order valence-corrected chi connectivity index (χ2v) is 8.61. The molecule has 1 aromatic heterocycles. The summed E-state index contributed by atoms with van der Waals surface area (Å²) in [7, 11) is 1.54. The number of carbonyl (C=O) groups excluding carboxylic acids is 2. The summed E-state index contributed by atoms with van der Waals surface area (Å²) in [5.74, 6) is -0.207. The molecule has 2 amide bonds. The van der Waals surface area contributed by atoms with Gasteiger partial charge in [0.15, 0.2) is 0 Å². The van der Waals surface area contributed by atoms with Crippen molar-refractivity contribution in [3.63, 3.8) is 0 Å². The lowest BCUT2D eigenvalue weighted by molar-refractivity contribution is 0.103. The highest BCUT2D eigenvalue weighted by Gasteiger charge is 2.22. The molecule has 0 radical (unpaired) electrons. The van der Waals surface area contributed by atoms with Gasteiger partial charge in [-0.3, -0.25) is 10.1 Å². The first kappa shape index (κ1) is 23.7. The third kappa shape index (κ3) is 6.13. The van der Waals surface area contributed by atoms with E-state index in [0.717, 1.165) is 29.2 Å². The van der Waals surface area contributed by atoms with Crippen LogP contribution in [-0.2, 0) is 14.2 Å². The molecule has 0 spiro atoms. The van der Waals surface area contributed by atoms with E-state index < -0.39 is 6.09 Å². The second-order valence-electron chi connectivity index (χ2n) is 7.58. The molecule has 2 N–H and O–H groups in total. The normalized spacial score (nSPS) is 13.4. The molecule has 2 aromatic carbocycles. The van der Waals surface area contributed by atoms with Gasteiger partial charge in [0.05, 0.1) is 29.7 Å². The van der Waals surface area contributed by atoms with Gasteiger partial charge in [-0.15, -0.1) is 11.3 Å². The lowest BCUT2D eigenvalue weighted by atomic mass is 10.1. The zero-order chi connectivity index (χ0) is 23.8. The molecule has 0 atom stereocenters. The van der Waals surface area contributed by atoms with Gasteiger partial charge in [0, 0.05) is 37.1 Å². The average molecular weight is 482 g/mol. The fourth-order valence-corrected chi connectivity index (χ4v) is 4.69. The predicted molar refractivity (Wildman–Crippen MR) is 134 cm³/mol. The quantitative estimate of drug-likeness (QED) is 0.454. The van der Waals surface area contributed by atoms with E-state index in [0.29, 0.717) is 36.1 Å². The van der Waals surface area contributed by atoms with Crippen molar-refractivity contribution in [1.82, 2.24) is 0 Å². The van der Waals surface area contributed by atoms with Crippen molar-refractivity contribution < 1.29 is 23.8 Å². The van der Waals surface area contributed by atoms with E-state index in [-0.39, 0.29) is 12.5 Å². The Morgan fingerprint density at radius 3 is 2.44 bits per heavy atom. The average Bonchev–Trinajstić information content (AvgIpc) is 3.31. The van der Waals surface area contributed by atoms with Crippen LogP contribution in [0.25, 0.3) is 11.1 Å². The fourth-order valence-electron chi connectivity index (χ4n) is 3.56. The number of ether oxygens (including phenoxy) is 3. The summed E-state index contributed by atoms with van der Waals surface area (Å²) in [4.78, 5) is 27.9. The van der Waals surface area contributed by atoms with Gasteiger partial charge in [-0.25, -0.2) is 4.79 Å². The van der Waals surface area contributed by atoms with Gasteiger partial charge in [0.25, 0.3) is 5.91 Å². The molecule has 9 heteroatoms. The smallest absolute Gasteiger partial charge is 0.411 e. The highest BCUT2D eigenvalue weighted by molar-refractivity contribution is 7.18. The van der Waals surface area contributed by atoms with Crippen LogP contribution in [0.1, 0.15) is 9.67 Å². The minimum atomic E-state index is -0.582. The molecule has 0 saturated carbocycles. The lowest BCUT2D eigenvalue weighted by Crippen LogP contribution is -2.35. The molecular weight excluding hydrogens is 454 g/mol. The van der Waals surface area contributed by atoms with E-state index in [1.165, 1.54) is 18.4 Å². The van der Waals surface area contributed by atoms with Crippen molar-refractivity contribution in [2.75, 3.05) is 62.2 Å². The van der Waals surface area contributed by atoms with Crippen molar-refractivity contribution in [3.05, 3.63) is 65.5 Å². The Labute approximate surface area is 202 Å². The van der Waals surface area contributed by atoms with Gasteiger partial charge in [0.2, 0.25) is 0 Å². The number of nitrogens with zero attached hydrogens (tertiary/aromatic N) is 1. The molecule has 2 heterocycles. The van der Waals surface area contributed by atoms with Crippen LogP contribution in [0, 0.1) is 0 Å². The summed E-state index contributed by atoms with van der Waals surface area (Å²) >= 11 is 1.47. The first-order valence-electron chi connectivity index (χ1n) is 11.0. The van der Waals surface area contributed by atoms with E-state index in [1.54, 1.807) is 24.3 Å². The maximum atomic E-state index is 13.1. The van der Waals surface area contributed by atoms with Gasteiger partial charge in [-0.2, -0.15) is 0 Å². The molecule has 1 aliphatic heterocycles. The molecule has 0 unspecified atom stereocenters. The Morgan fingerprint density at radius 2 is 1.71 bits per heavy atom. The number of nitrogens with one attached hydrogen (secondary N) is 2. The number of benzene rings is 2. The van der Waals surface area contributed by atoms with Gasteiger partial charge in [-0.1, -0.05) is 36.4 Å². The first-order valence-corrected chi connectivity index (χ1v) is 11.8. The Kier molecular flexibility index (Phi) is 8.13.